The van der Waals surface area contributed by atoms with Crippen molar-refractivity contribution >= 4 is 17.9 Å². The number of hydrogen-bond donors (Lipinski definition) is 2. The van der Waals surface area contributed by atoms with Crippen molar-refractivity contribution in [2.75, 3.05) is 12.0 Å². The number of H-pyrrole nitrogens is 1. The molecule has 0 radical (unpaired) electrons. The van der Waals surface area contributed by atoms with E-state index in [-0.39, 0.29) is 28.6 Å². The summed E-state index contributed by atoms with van der Waals surface area (Å²) in [7, 11) is 0. The van der Waals surface area contributed by atoms with E-state index in [1.54, 1.807) is 6.07 Å². The first-order valence-electron chi connectivity index (χ1n) is 7.15. The monoisotopic (exact) mass is 332 g/mol. The Hall–Kier alpha value is -3.30. The van der Waals surface area contributed by atoms with E-state index in [2.05, 4.69) is 25.7 Å². The molecule has 24 heavy (non-hydrogen) atoms. The van der Waals surface area contributed by atoms with Crippen molar-refractivity contribution in [2.24, 2.45) is 5.10 Å². The topological polar surface area (TPSA) is 135 Å². The summed E-state index contributed by atoms with van der Waals surface area (Å²) in [6.45, 7) is 3.84. The smallest absolute Gasteiger partial charge is 0.311 e. The third-order valence-corrected chi connectivity index (χ3v) is 2.89. The van der Waals surface area contributed by atoms with E-state index < -0.39 is 4.92 Å². The van der Waals surface area contributed by atoms with Crippen LogP contribution in [0.25, 0.3) is 0 Å². The van der Waals surface area contributed by atoms with Crippen molar-refractivity contribution in [3.05, 3.63) is 49.9 Å². The van der Waals surface area contributed by atoms with Crippen molar-refractivity contribution in [1.82, 2.24) is 15.2 Å². The molecule has 0 unspecified atom stereocenters. The molecule has 0 bridgehead atoms. The number of nitro benzene ring substituents is 1. The van der Waals surface area contributed by atoms with E-state index in [1.807, 2.05) is 6.92 Å². The molecule has 10 nitrogen and oxygen atoms in total. The number of aromatic nitrogens is 3. The molecule has 0 atom stereocenters. The average molecular weight is 332 g/mol. The second-order valence-corrected chi connectivity index (χ2v) is 4.79. The summed E-state index contributed by atoms with van der Waals surface area (Å²) in [5, 5.41) is 22.3. The highest BCUT2D eigenvalue weighted by Gasteiger charge is 2.15. The summed E-state index contributed by atoms with van der Waals surface area (Å²) in [4.78, 5) is 24.4. The van der Waals surface area contributed by atoms with Gasteiger partial charge in [0.1, 0.15) is 5.69 Å². The van der Waals surface area contributed by atoms with Crippen LogP contribution in [0.5, 0.6) is 5.75 Å². The molecule has 1 aromatic carbocycles. The number of anilines is 1. The van der Waals surface area contributed by atoms with Gasteiger partial charge in [-0.2, -0.15) is 5.10 Å². The molecule has 0 fully saturated rings. The summed E-state index contributed by atoms with van der Waals surface area (Å²) in [5.74, 6) is 0.278. The number of ether oxygens (including phenoxy) is 1. The molecule has 0 aliphatic rings. The molecule has 1 aromatic heterocycles. The van der Waals surface area contributed by atoms with E-state index in [0.29, 0.717) is 12.2 Å². The van der Waals surface area contributed by atoms with Gasteiger partial charge in [-0.25, -0.2) is 5.43 Å². The lowest BCUT2D eigenvalue weighted by Gasteiger charge is -2.05. The van der Waals surface area contributed by atoms with Crippen LogP contribution in [0, 0.1) is 17.0 Å². The fraction of sp³-hybridized carbons (Fsp3) is 0.286. The van der Waals surface area contributed by atoms with Crippen molar-refractivity contribution in [1.29, 1.82) is 0 Å². The predicted molar refractivity (Wildman–Crippen MR) is 87.5 cm³/mol. The van der Waals surface area contributed by atoms with Crippen LogP contribution in [-0.2, 0) is 0 Å². The van der Waals surface area contributed by atoms with E-state index in [0.717, 1.165) is 6.42 Å². The second kappa shape index (κ2) is 7.81. The molecule has 0 amide bonds. The van der Waals surface area contributed by atoms with E-state index >= 15 is 0 Å². The van der Waals surface area contributed by atoms with Gasteiger partial charge in [-0.05, 0) is 25.5 Å². The third kappa shape index (κ3) is 4.35. The first-order chi connectivity index (χ1) is 11.5. The van der Waals surface area contributed by atoms with Gasteiger partial charge >= 0.3 is 5.69 Å². The van der Waals surface area contributed by atoms with Gasteiger partial charge in [0.2, 0.25) is 5.95 Å². The van der Waals surface area contributed by atoms with Gasteiger partial charge in [-0.15, -0.1) is 10.2 Å². The minimum absolute atomic E-state index is 0.0687. The largest absolute Gasteiger partial charge is 0.487 e. The highest BCUT2D eigenvalue weighted by molar-refractivity contribution is 5.82. The van der Waals surface area contributed by atoms with Crippen LogP contribution >= 0.6 is 0 Å². The van der Waals surface area contributed by atoms with Crippen molar-refractivity contribution < 1.29 is 9.66 Å². The van der Waals surface area contributed by atoms with Crippen molar-refractivity contribution in [3.8, 4) is 5.75 Å². The zero-order valence-electron chi connectivity index (χ0n) is 13.1. The summed E-state index contributed by atoms with van der Waals surface area (Å²) >= 11 is 0. The second-order valence-electron chi connectivity index (χ2n) is 4.79. The van der Waals surface area contributed by atoms with Gasteiger partial charge in [0.15, 0.2) is 5.75 Å². The number of aryl methyl sites for hydroxylation is 1. The lowest BCUT2D eigenvalue weighted by molar-refractivity contribution is -0.385. The molecule has 0 saturated carbocycles. The maximum absolute atomic E-state index is 11.4. The number of aromatic amines is 1. The molecule has 10 heteroatoms. The van der Waals surface area contributed by atoms with Crippen molar-refractivity contribution in [3.63, 3.8) is 0 Å². The predicted octanol–water partition coefficient (Wildman–Crippen LogP) is 1.62. The van der Waals surface area contributed by atoms with Crippen molar-refractivity contribution in [2.45, 2.75) is 20.3 Å². The van der Waals surface area contributed by atoms with Crippen LogP contribution in [0.3, 0.4) is 0 Å². The zero-order chi connectivity index (χ0) is 17.5. The number of rotatable bonds is 7. The average Bonchev–Trinajstić information content (AvgIpc) is 2.56. The lowest BCUT2D eigenvalue weighted by atomic mass is 10.2. The number of nitrogens with zero attached hydrogens (tertiary/aromatic N) is 4. The number of nitro groups is 1. The summed E-state index contributed by atoms with van der Waals surface area (Å²) in [6.07, 6.45) is 2.11. The van der Waals surface area contributed by atoms with Gasteiger partial charge < -0.3 is 4.74 Å². The van der Waals surface area contributed by atoms with Crippen LogP contribution in [0.2, 0.25) is 0 Å². The van der Waals surface area contributed by atoms with Crippen LogP contribution in [0.1, 0.15) is 24.6 Å². The highest BCUT2D eigenvalue weighted by Crippen LogP contribution is 2.27. The fourth-order valence-corrected chi connectivity index (χ4v) is 1.70. The summed E-state index contributed by atoms with van der Waals surface area (Å²) < 4.78 is 5.34. The van der Waals surface area contributed by atoms with E-state index in [4.69, 9.17) is 4.74 Å². The number of hydrogen-bond acceptors (Lipinski definition) is 8. The Bertz CT molecular complexity index is 817. The quantitative estimate of drug-likeness (QED) is 0.446. The maximum Gasteiger partial charge on any atom is 0.311 e. The number of nitrogens with one attached hydrogen (secondary N) is 2. The summed E-state index contributed by atoms with van der Waals surface area (Å²) in [6, 6.07) is 4.50. The van der Waals surface area contributed by atoms with Gasteiger partial charge in [0, 0.05) is 11.6 Å². The van der Waals surface area contributed by atoms with Crippen LogP contribution in [-0.4, -0.2) is 32.9 Å². The molecule has 0 saturated heterocycles. The molecule has 126 valence electrons. The molecular weight excluding hydrogens is 316 g/mol. The molecule has 0 aliphatic carbocycles. The Balaban J connectivity index is 2.13. The van der Waals surface area contributed by atoms with Crippen LogP contribution < -0.4 is 15.7 Å². The lowest BCUT2D eigenvalue weighted by Crippen LogP contribution is -2.15. The Morgan fingerprint density at radius 1 is 1.46 bits per heavy atom. The zero-order valence-corrected chi connectivity index (χ0v) is 13.1. The van der Waals surface area contributed by atoms with Gasteiger partial charge in [-0.3, -0.25) is 19.9 Å². The molecule has 0 spiro atoms. The van der Waals surface area contributed by atoms with Crippen LogP contribution in [0.4, 0.5) is 11.6 Å². The SMILES string of the molecule is CCCOc1ccc(/C=N/Nc2nnc(C)c(=O)[nH]2)cc1[N+](=O)[O-]. The molecule has 2 aromatic rings. The maximum atomic E-state index is 11.4. The number of hydrazone groups is 1. The molecule has 2 N–H and O–H groups in total. The third-order valence-electron chi connectivity index (χ3n) is 2.89. The van der Waals surface area contributed by atoms with E-state index in [9.17, 15) is 14.9 Å². The minimum Gasteiger partial charge on any atom is -0.487 e. The molecule has 0 aliphatic heterocycles. The molecular formula is C14H16N6O4. The van der Waals surface area contributed by atoms with Gasteiger partial charge in [-0.1, -0.05) is 6.92 Å². The Morgan fingerprint density at radius 3 is 2.92 bits per heavy atom. The van der Waals surface area contributed by atoms with E-state index in [1.165, 1.54) is 25.3 Å². The molecule has 1 heterocycles. The Kier molecular flexibility index (Phi) is 5.55. The Morgan fingerprint density at radius 2 is 2.25 bits per heavy atom. The van der Waals surface area contributed by atoms with Crippen LogP contribution in [0.15, 0.2) is 28.1 Å². The highest BCUT2D eigenvalue weighted by atomic mass is 16.6. The number of benzene rings is 1. The standard InChI is InChI=1S/C14H16N6O4/c1-3-6-24-12-5-4-10(7-11(12)20(22)23)8-15-18-14-16-13(21)9(2)17-19-14/h4-5,7-8H,3,6H2,1-2H3,(H2,16,18,19,21)/b15-8+. The summed E-state index contributed by atoms with van der Waals surface area (Å²) in [5.41, 5.74) is 2.70. The van der Waals surface area contributed by atoms with Gasteiger partial charge in [0.25, 0.3) is 5.56 Å². The normalized spacial score (nSPS) is 10.8. The minimum atomic E-state index is -0.515. The first-order valence-corrected chi connectivity index (χ1v) is 7.15. The fourth-order valence-electron chi connectivity index (χ4n) is 1.70. The molecule has 2 rings (SSSR count). The van der Waals surface area contributed by atoms with Gasteiger partial charge in [0.05, 0.1) is 17.7 Å². The Labute approximate surface area is 136 Å². The first kappa shape index (κ1) is 17.1.